The van der Waals surface area contributed by atoms with Gasteiger partial charge in [-0.2, -0.15) is 13.2 Å². The van der Waals surface area contributed by atoms with Crippen LogP contribution >= 0.6 is 0 Å². The molecule has 0 aliphatic heterocycles. The van der Waals surface area contributed by atoms with Gasteiger partial charge < -0.3 is 4.74 Å². The topological polar surface area (TPSA) is 27.7 Å². The summed E-state index contributed by atoms with van der Waals surface area (Å²) in [5.41, 5.74) is 0. The Morgan fingerprint density at radius 3 is 1.22 bits per heavy atom. The second-order valence-electron chi connectivity index (χ2n) is 2.43. The molecule has 3 nitrogen and oxygen atoms in total. The first-order chi connectivity index (χ1) is 7.72. The summed E-state index contributed by atoms with van der Waals surface area (Å²) in [7, 11) is 0. The van der Waals surface area contributed by atoms with Crippen LogP contribution in [0.2, 0.25) is 0 Å². The molecule has 0 bridgehead atoms. The van der Waals surface area contributed by atoms with E-state index in [1.807, 2.05) is 0 Å². The van der Waals surface area contributed by atoms with E-state index >= 15 is 0 Å². The fourth-order valence-corrected chi connectivity index (χ4v) is 0.666. The van der Waals surface area contributed by atoms with Crippen molar-refractivity contribution >= 4 is 0 Å². The largest absolute Gasteiger partial charge is 0.527 e. The SMILES string of the molecule is C=COC(OC(F)(F)F)(OC(F)(F)F)C(F)(F)F. The van der Waals surface area contributed by atoms with Crippen LogP contribution in [0.25, 0.3) is 0 Å². The molecular formula is C6H3F9O3. The van der Waals surface area contributed by atoms with Gasteiger partial charge >= 0.3 is 24.9 Å². The fraction of sp³-hybridized carbons (Fsp3) is 0.667. The van der Waals surface area contributed by atoms with Gasteiger partial charge in [0, 0.05) is 0 Å². The van der Waals surface area contributed by atoms with Gasteiger partial charge in [-0.1, -0.05) is 6.58 Å². The van der Waals surface area contributed by atoms with Crippen molar-refractivity contribution in [1.29, 1.82) is 0 Å². The normalized spacial score (nSPS) is 14.5. The summed E-state index contributed by atoms with van der Waals surface area (Å²) in [5, 5.41) is 0. The highest BCUT2D eigenvalue weighted by atomic mass is 19.4. The summed E-state index contributed by atoms with van der Waals surface area (Å²) in [4.78, 5) is 0. The van der Waals surface area contributed by atoms with Crippen LogP contribution in [-0.2, 0) is 14.2 Å². The maximum absolute atomic E-state index is 12.2. The number of halogens is 9. The molecule has 108 valence electrons. The second kappa shape index (κ2) is 4.84. The third-order valence-electron chi connectivity index (χ3n) is 1.09. The third kappa shape index (κ3) is 5.00. The van der Waals surface area contributed by atoms with Gasteiger partial charge in [-0.15, -0.1) is 26.3 Å². The minimum absolute atomic E-state index is 0.342. The Hall–Kier alpha value is -1.17. The average Bonchev–Trinajstić information content (AvgIpc) is 1.94. The van der Waals surface area contributed by atoms with Gasteiger partial charge in [-0.25, -0.2) is 9.47 Å². The zero-order chi connectivity index (χ0) is 14.8. The molecule has 0 aromatic carbocycles. The molecule has 0 radical (unpaired) electrons. The molecule has 0 aliphatic rings. The molecule has 0 saturated carbocycles. The van der Waals surface area contributed by atoms with Crippen molar-refractivity contribution in [1.82, 2.24) is 0 Å². The number of alkyl halides is 9. The first-order valence-electron chi connectivity index (χ1n) is 3.62. The van der Waals surface area contributed by atoms with Gasteiger partial charge in [-0.05, 0) is 0 Å². The van der Waals surface area contributed by atoms with Crippen molar-refractivity contribution < 1.29 is 53.7 Å². The molecule has 0 amide bonds. The van der Waals surface area contributed by atoms with Crippen molar-refractivity contribution in [2.75, 3.05) is 0 Å². The monoisotopic (exact) mass is 294 g/mol. The summed E-state index contributed by atoms with van der Waals surface area (Å²) < 4.78 is 114. The smallest absolute Gasteiger partial charge is 0.441 e. The van der Waals surface area contributed by atoms with E-state index < -0.39 is 24.9 Å². The molecule has 0 aromatic rings. The first kappa shape index (κ1) is 16.8. The van der Waals surface area contributed by atoms with Crippen molar-refractivity contribution in [2.45, 2.75) is 24.9 Å². The highest BCUT2D eigenvalue weighted by Gasteiger charge is 2.69. The molecular weight excluding hydrogens is 291 g/mol. The summed E-state index contributed by atoms with van der Waals surface area (Å²) in [6.45, 7) is 2.40. The van der Waals surface area contributed by atoms with E-state index in [1.54, 1.807) is 0 Å². The number of hydrogen-bond acceptors (Lipinski definition) is 3. The Labute approximate surface area is 92.7 Å². The van der Waals surface area contributed by atoms with Crippen LogP contribution in [0.15, 0.2) is 12.8 Å². The maximum atomic E-state index is 12.2. The summed E-state index contributed by atoms with van der Waals surface area (Å²) in [5.74, 6) is -5.41. The van der Waals surface area contributed by atoms with E-state index in [4.69, 9.17) is 0 Å². The highest BCUT2D eigenvalue weighted by Crippen LogP contribution is 2.43. The minimum atomic E-state index is -6.30. The fourth-order valence-electron chi connectivity index (χ4n) is 0.666. The van der Waals surface area contributed by atoms with Crippen molar-refractivity contribution in [3.8, 4) is 0 Å². The van der Waals surface area contributed by atoms with Crippen LogP contribution in [0.3, 0.4) is 0 Å². The van der Waals surface area contributed by atoms with Gasteiger partial charge in [0.25, 0.3) is 0 Å². The first-order valence-corrected chi connectivity index (χ1v) is 3.62. The predicted octanol–water partition coefficient (Wildman–Crippen LogP) is 3.44. The molecule has 0 fully saturated rings. The van der Waals surface area contributed by atoms with E-state index in [9.17, 15) is 39.5 Å². The number of ether oxygens (including phenoxy) is 3. The Morgan fingerprint density at radius 1 is 0.722 bits per heavy atom. The Balaban J connectivity index is 5.51. The maximum Gasteiger partial charge on any atom is 0.527 e. The van der Waals surface area contributed by atoms with Crippen molar-refractivity contribution in [2.24, 2.45) is 0 Å². The zero-order valence-corrected chi connectivity index (χ0v) is 7.91. The lowest BCUT2D eigenvalue weighted by Gasteiger charge is -2.33. The van der Waals surface area contributed by atoms with Crippen molar-refractivity contribution in [3.63, 3.8) is 0 Å². The quantitative estimate of drug-likeness (QED) is 0.451. The van der Waals surface area contributed by atoms with Gasteiger partial charge in [-0.3, -0.25) is 0 Å². The van der Waals surface area contributed by atoms with E-state index in [2.05, 4.69) is 20.8 Å². The lowest BCUT2D eigenvalue weighted by Crippen LogP contribution is -2.56. The molecule has 0 unspecified atom stereocenters. The predicted molar refractivity (Wildman–Crippen MR) is 34.3 cm³/mol. The number of hydrogen-bond donors (Lipinski definition) is 0. The lowest BCUT2D eigenvalue weighted by molar-refractivity contribution is -0.582. The second-order valence-corrected chi connectivity index (χ2v) is 2.43. The third-order valence-corrected chi connectivity index (χ3v) is 1.09. The van der Waals surface area contributed by atoms with Crippen LogP contribution in [0.4, 0.5) is 39.5 Å². The summed E-state index contributed by atoms with van der Waals surface area (Å²) in [6.07, 6.45) is -18.9. The van der Waals surface area contributed by atoms with Gasteiger partial charge in [0.15, 0.2) is 0 Å². The highest BCUT2D eigenvalue weighted by molar-refractivity contribution is 4.73. The van der Waals surface area contributed by atoms with Crippen molar-refractivity contribution in [3.05, 3.63) is 12.8 Å². The lowest BCUT2D eigenvalue weighted by atomic mass is 10.5. The Bertz CT molecular complexity index is 272. The molecule has 0 heterocycles. The summed E-state index contributed by atoms with van der Waals surface area (Å²) in [6, 6.07) is 0. The Kier molecular flexibility index (Phi) is 4.52. The molecule has 18 heavy (non-hydrogen) atoms. The summed E-state index contributed by atoms with van der Waals surface area (Å²) >= 11 is 0. The van der Waals surface area contributed by atoms with Crippen LogP contribution in [0.5, 0.6) is 0 Å². The van der Waals surface area contributed by atoms with E-state index in [0.717, 1.165) is 0 Å². The number of rotatable bonds is 4. The molecule has 0 N–H and O–H groups in total. The van der Waals surface area contributed by atoms with E-state index in [1.165, 1.54) is 0 Å². The molecule has 0 rings (SSSR count). The van der Waals surface area contributed by atoms with E-state index in [0.29, 0.717) is 0 Å². The van der Waals surface area contributed by atoms with Gasteiger partial charge in [0.2, 0.25) is 0 Å². The van der Waals surface area contributed by atoms with E-state index in [-0.39, 0.29) is 6.26 Å². The molecule has 0 aromatic heterocycles. The van der Waals surface area contributed by atoms with Crippen LogP contribution in [0, 0.1) is 0 Å². The molecule has 0 atom stereocenters. The Morgan fingerprint density at radius 2 is 1.06 bits per heavy atom. The zero-order valence-electron chi connectivity index (χ0n) is 7.91. The van der Waals surface area contributed by atoms with Crippen LogP contribution in [-0.4, -0.2) is 24.9 Å². The molecule has 12 heteroatoms. The van der Waals surface area contributed by atoms with Crippen LogP contribution in [0.1, 0.15) is 0 Å². The molecule has 0 aliphatic carbocycles. The van der Waals surface area contributed by atoms with Gasteiger partial charge in [0.05, 0.1) is 6.26 Å². The minimum Gasteiger partial charge on any atom is -0.441 e. The molecule has 0 spiro atoms. The van der Waals surface area contributed by atoms with Gasteiger partial charge in [0.1, 0.15) is 0 Å². The standard InChI is InChI=1S/C6H3F9O3/c1-2-16-4(3(7,8)9,17-5(10,11)12)18-6(13,14)15/h2H,1H2. The average molecular weight is 294 g/mol. The molecule has 0 saturated heterocycles. The van der Waals surface area contributed by atoms with Crippen LogP contribution < -0.4 is 0 Å².